The van der Waals surface area contributed by atoms with E-state index in [1.165, 1.54) is 0 Å². The molecule has 0 saturated carbocycles. The first-order chi connectivity index (χ1) is 9.51. The van der Waals surface area contributed by atoms with Crippen molar-refractivity contribution in [2.24, 2.45) is 0 Å². The maximum absolute atomic E-state index is 13.7. The summed E-state index contributed by atoms with van der Waals surface area (Å²) in [7, 11) is 0. The van der Waals surface area contributed by atoms with Gasteiger partial charge in [0, 0.05) is 5.56 Å². The number of ether oxygens (including phenoxy) is 1. The van der Waals surface area contributed by atoms with Gasteiger partial charge < -0.3 is 4.74 Å². The minimum absolute atomic E-state index is 0.0664. The molecule has 0 saturated heterocycles. The second-order valence-electron chi connectivity index (χ2n) is 4.76. The zero-order valence-corrected chi connectivity index (χ0v) is 11.2. The molecule has 0 amide bonds. The maximum Gasteiger partial charge on any atom is 0.198 e. The van der Waals surface area contributed by atoms with E-state index < -0.39 is 17.4 Å². The van der Waals surface area contributed by atoms with Gasteiger partial charge in [0.1, 0.15) is 12.0 Å². The Bertz CT molecular complexity index is 613. The molecule has 0 aliphatic heterocycles. The molecule has 0 aromatic heterocycles. The van der Waals surface area contributed by atoms with Gasteiger partial charge in [0.15, 0.2) is 17.4 Å². The zero-order valence-electron chi connectivity index (χ0n) is 11.2. The van der Waals surface area contributed by atoms with E-state index in [2.05, 4.69) is 0 Å². The van der Waals surface area contributed by atoms with Crippen LogP contribution in [0.25, 0.3) is 0 Å². The molecule has 2 aromatic rings. The molecule has 0 aliphatic rings. The van der Waals surface area contributed by atoms with Gasteiger partial charge in [-0.15, -0.1) is 0 Å². The van der Waals surface area contributed by atoms with Gasteiger partial charge in [0.25, 0.3) is 0 Å². The summed E-state index contributed by atoms with van der Waals surface area (Å²) in [6, 6.07) is 8.92. The third kappa shape index (κ3) is 3.02. The van der Waals surface area contributed by atoms with Crippen molar-refractivity contribution in [1.29, 1.82) is 0 Å². The average Bonchev–Trinajstić information content (AvgIpc) is 2.42. The van der Waals surface area contributed by atoms with Crippen LogP contribution in [0.15, 0.2) is 36.4 Å². The molecular weight excluding hydrogens is 262 g/mol. The van der Waals surface area contributed by atoms with Gasteiger partial charge in [-0.3, -0.25) is 4.79 Å². The highest BCUT2D eigenvalue weighted by Crippen LogP contribution is 2.30. The van der Waals surface area contributed by atoms with Gasteiger partial charge >= 0.3 is 0 Å². The molecule has 2 rings (SSSR count). The molecule has 0 N–H and O–H groups in total. The summed E-state index contributed by atoms with van der Waals surface area (Å²) in [6.45, 7) is 4.03. The first-order valence-corrected chi connectivity index (χ1v) is 6.23. The molecule has 0 fully saturated rings. The van der Waals surface area contributed by atoms with Crippen LogP contribution in [0.2, 0.25) is 0 Å². The lowest BCUT2D eigenvalue weighted by atomic mass is 10.0. The Balaban J connectivity index is 2.35. The lowest BCUT2D eigenvalue weighted by molar-refractivity contribution is 0.112. The van der Waals surface area contributed by atoms with Gasteiger partial charge in [-0.2, -0.15) is 0 Å². The molecule has 0 aliphatic carbocycles. The molecule has 0 spiro atoms. The second kappa shape index (κ2) is 5.82. The normalized spacial score (nSPS) is 10.7. The Morgan fingerprint density at radius 2 is 1.75 bits per heavy atom. The lowest BCUT2D eigenvalue weighted by Crippen LogP contribution is -1.96. The van der Waals surface area contributed by atoms with Gasteiger partial charge in [-0.25, -0.2) is 8.78 Å². The highest BCUT2D eigenvalue weighted by Gasteiger charge is 2.14. The fraction of sp³-hybridized carbons (Fsp3) is 0.188. The van der Waals surface area contributed by atoms with E-state index in [4.69, 9.17) is 4.74 Å². The predicted molar refractivity (Wildman–Crippen MR) is 72.4 cm³/mol. The van der Waals surface area contributed by atoms with Crippen molar-refractivity contribution in [3.63, 3.8) is 0 Å². The van der Waals surface area contributed by atoms with Gasteiger partial charge in [0.05, 0.1) is 0 Å². The summed E-state index contributed by atoms with van der Waals surface area (Å²) in [4.78, 5) is 10.5. The molecule has 104 valence electrons. The largest absolute Gasteiger partial charge is 0.451 e. The maximum atomic E-state index is 13.7. The number of aldehydes is 1. The number of carbonyl (C=O) groups is 1. The van der Waals surface area contributed by atoms with E-state index in [0.717, 1.165) is 17.7 Å². The Hall–Kier alpha value is -2.23. The lowest BCUT2D eigenvalue weighted by Gasteiger charge is -2.11. The third-order valence-electron chi connectivity index (χ3n) is 2.90. The molecular formula is C16H14F2O2. The number of hydrogen-bond acceptors (Lipinski definition) is 2. The summed E-state index contributed by atoms with van der Waals surface area (Å²) >= 11 is 0. The van der Waals surface area contributed by atoms with Crippen LogP contribution in [0.5, 0.6) is 11.5 Å². The standard InChI is InChI=1S/C16H14F2O2/c1-10(2)12-4-3-5-13(8-12)20-16-14(17)6-11(9-19)7-15(16)18/h3-10H,1-2H3. The number of benzene rings is 2. The Kier molecular flexibility index (Phi) is 4.13. The summed E-state index contributed by atoms with van der Waals surface area (Å²) in [6.07, 6.45) is 0.384. The fourth-order valence-electron chi connectivity index (χ4n) is 1.80. The molecule has 20 heavy (non-hydrogen) atoms. The van der Waals surface area contributed by atoms with E-state index >= 15 is 0 Å². The SMILES string of the molecule is CC(C)c1cccc(Oc2c(F)cc(C=O)cc2F)c1. The summed E-state index contributed by atoms with van der Waals surface area (Å²) in [5.74, 6) is -1.67. The second-order valence-corrected chi connectivity index (χ2v) is 4.76. The monoisotopic (exact) mass is 276 g/mol. The molecule has 0 atom stereocenters. The molecule has 0 heterocycles. The molecule has 2 aromatic carbocycles. The molecule has 2 nitrogen and oxygen atoms in total. The number of rotatable bonds is 4. The summed E-state index contributed by atoms with van der Waals surface area (Å²) in [5, 5.41) is 0. The molecule has 0 bridgehead atoms. The highest BCUT2D eigenvalue weighted by atomic mass is 19.1. The van der Waals surface area contributed by atoms with Gasteiger partial charge in [0.2, 0.25) is 0 Å². The van der Waals surface area contributed by atoms with E-state index in [9.17, 15) is 13.6 Å². The van der Waals surface area contributed by atoms with Crippen molar-refractivity contribution >= 4 is 6.29 Å². The van der Waals surface area contributed by atoms with Crippen LogP contribution in [-0.2, 0) is 0 Å². The van der Waals surface area contributed by atoms with Crippen LogP contribution < -0.4 is 4.74 Å². The van der Waals surface area contributed by atoms with E-state index in [1.54, 1.807) is 18.2 Å². The van der Waals surface area contributed by atoms with Crippen molar-refractivity contribution in [2.75, 3.05) is 0 Å². The van der Waals surface area contributed by atoms with E-state index in [0.29, 0.717) is 12.0 Å². The first-order valence-electron chi connectivity index (χ1n) is 6.23. The topological polar surface area (TPSA) is 26.3 Å². The smallest absolute Gasteiger partial charge is 0.198 e. The van der Waals surface area contributed by atoms with Crippen LogP contribution in [0.4, 0.5) is 8.78 Å². The zero-order chi connectivity index (χ0) is 14.7. The number of carbonyl (C=O) groups excluding carboxylic acids is 1. The molecule has 0 unspecified atom stereocenters. The van der Waals surface area contributed by atoms with Crippen molar-refractivity contribution in [3.05, 3.63) is 59.2 Å². The Morgan fingerprint density at radius 1 is 1.10 bits per heavy atom. The van der Waals surface area contributed by atoms with Crippen LogP contribution in [0.3, 0.4) is 0 Å². The van der Waals surface area contributed by atoms with Crippen LogP contribution in [-0.4, -0.2) is 6.29 Å². The van der Waals surface area contributed by atoms with Crippen molar-refractivity contribution in [3.8, 4) is 11.5 Å². The van der Waals surface area contributed by atoms with Crippen LogP contribution >= 0.6 is 0 Å². The van der Waals surface area contributed by atoms with Gasteiger partial charge in [-0.05, 0) is 35.7 Å². The van der Waals surface area contributed by atoms with Gasteiger partial charge in [-0.1, -0.05) is 26.0 Å². The predicted octanol–water partition coefficient (Wildman–Crippen LogP) is 4.69. The third-order valence-corrected chi connectivity index (χ3v) is 2.90. The summed E-state index contributed by atoms with van der Waals surface area (Å²) < 4.78 is 32.7. The fourth-order valence-corrected chi connectivity index (χ4v) is 1.80. The van der Waals surface area contributed by atoms with Crippen molar-refractivity contribution < 1.29 is 18.3 Å². The summed E-state index contributed by atoms with van der Waals surface area (Å²) in [5.41, 5.74) is 0.941. The Morgan fingerprint density at radius 3 is 2.30 bits per heavy atom. The first kappa shape index (κ1) is 14.2. The minimum Gasteiger partial charge on any atom is -0.451 e. The number of halogens is 2. The Labute approximate surface area is 116 Å². The van der Waals surface area contributed by atoms with Crippen LogP contribution in [0, 0.1) is 11.6 Å². The highest BCUT2D eigenvalue weighted by molar-refractivity contribution is 5.75. The van der Waals surface area contributed by atoms with E-state index in [1.807, 2.05) is 19.9 Å². The number of hydrogen-bond donors (Lipinski definition) is 0. The van der Waals surface area contributed by atoms with E-state index in [-0.39, 0.29) is 11.5 Å². The minimum atomic E-state index is -0.901. The van der Waals surface area contributed by atoms with Crippen molar-refractivity contribution in [1.82, 2.24) is 0 Å². The molecule has 4 heteroatoms. The molecule has 0 radical (unpaired) electrons. The van der Waals surface area contributed by atoms with Crippen LogP contribution in [0.1, 0.15) is 35.7 Å². The van der Waals surface area contributed by atoms with Crippen molar-refractivity contribution in [2.45, 2.75) is 19.8 Å². The average molecular weight is 276 g/mol. The quantitative estimate of drug-likeness (QED) is 0.757.